The van der Waals surface area contributed by atoms with Crippen LogP contribution >= 0.6 is 23.2 Å². The number of benzene rings is 4. The number of rotatable bonds is 7. The number of imide groups is 1. The van der Waals surface area contributed by atoms with Gasteiger partial charge in [0.1, 0.15) is 12.3 Å². The van der Waals surface area contributed by atoms with Gasteiger partial charge in [-0.3, -0.25) is 4.79 Å². The number of fused-ring (bicyclic) bond motifs is 1. The Hall–Kier alpha value is -4.00. The van der Waals surface area contributed by atoms with E-state index in [0.29, 0.717) is 46.0 Å². The molecule has 0 unspecified atom stereocenters. The van der Waals surface area contributed by atoms with Gasteiger partial charge in [0.15, 0.2) is 11.5 Å². The zero-order valence-electron chi connectivity index (χ0n) is 19.8. The number of nitrogens with zero attached hydrogens (tertiary/aromatic N) is 1. The Morgan fingerprint density at radius 1 is 0.919 bits per heavy atom. The van der Waals surface area contributed by atoms with Gasteiger partial charge in [0.05, 0.1) is 17.3 Å². The number of nitrogens with one attached hydrogen (secondary N) is 1. The smallest absolute Gasteiger partial charge is 0.333 e. The van der Waals surface area contributed by atoms with E-state index >= 15 is 0 Å². The largest absolute Gasteiger partial charge is 0.490 e. The molecule has 0 spiro atoms. The van der Waals surface area contributed by atoms with E-state index in [9.17, 15) is 9.59 Å². The highest BCUT2D eigenvalue weighted by molar-refractivity contribution is 6.33. The molecule has 0 aromatic heterocycles. The van der Waals surface area contributed by atoms with Gasteiger partial charge in [-0.2, -0.15) is 0 Å². The summed E-state index contributed by atoms with van der Waals surface area (Å²) in [5.41, 5.74) is 2.13. The Labute approximate surface area is 224 Å². The van der Waals surface area contributed by atoms with Crippen LogP contribution in [0.15, 0.2) is 84.6 Å². The molecule has 1 aliphatic heterocycles. The molecule has 1 N–H and O–H groups in total. The van der Waals surface area contributed by atoms with Crippen LogP contribution in [0.1, 0.15) is 18.1 Å². The molecule has 1 aliphatic rings. The molecule has 4 aromatic carbocycles. The molecule has 5 rings (SSSR count). The minimum atomic E-state index is -0.551. The summed E-state index contributed by atoms with van der Waals surface area (Å²) in [6.07, 6.45) is 1.55. The standard InChI is InChI=1S/C29H22Cl2N2O4/c1-2-36-26-16-18(15-25-28(34)33(29(35)32-25)22-12-10-21(30)11-13-22)14-24(31)27(26)37-17-20-8-5-7-19-6-3-4-9-23(19)20/h3-16H,2,17H2,1H3,(H,32,35)/b25-15+. The lowest BCUT2D eigenvalue weighted by Gasteiger charge is -2.15. The van der Waals surface area contributed by atoms with Crippen molar-refractivity contribution in [2.24, 2.45) is 0 Å². The van der Waals surface area contributed by atoms with Crippen LogP contribution < -0.4 is 19.7 Å². The monoisotopic (exact) mass is 532 g/mol. The molecule has 6 nitrogen and oxygen atoms in total. The molecule has 1 heterocycles. The number of hydrogen-bond donors (Lipinski definition) is 1. The Morgan fingerprint density at radius 2 is 1.68 bits per heavy atom. The summed E-state index contributed by atoms with van der Waals surface area (Å²) in [4.78, 5) is 26.6. The van der Waals surface area contributed by atoms with E-state index in [1.54, 1.807) is 42.5 Å². The Balaban J connectivity index is 1.42. The average Bonchev–Trinajstić information content (AvgIpc) is 3.16. The summed E-state index contributed by atoms with van der Waals surface area (Å²) < 4.78 is 11.9. The fourth-order valence-corrected chi connectivity index (χ4v) is 4.57. The molecular formula is C29H22Cl2N2O4. The summed E-state index contributed by atoms with van der Waals surface area (Å²) >= 11 is 12.5. The molecular weight excluding hydrogens is 511 g/mol. The Morgan fingerprint density at radius 3 is 2.46 bits per heavy atom. The zero-order valence-corrected chi connectivity index (χ0v) is 21.3. The van der Waals surface area contributed by atoms with Crippen LogP contribution in [-0.4, -0.2) is 18.5 Å². The fraction of sp³-hybridized carbons (Fsp3) is 0.103. The maximum Gasteiger partial charge on any atom is 0.333 e. The highest BCUT2D eigenvalue weighted by Crippen LogP contribution is 2.38. The molecule has 0 radical (unpaired) electrons. The van der Waals surface area contributed by atoms with Crippen LogP contribution in [0.3, 0.4) is 0 Å². The molecule has 4 aromatic rings. The minimum absolute atomic E-state index is 0.114. The third kappa shape index (κ3) is 5.12. The first kappa shape index (κ1) is 24.7. The third-order valence-corrected chi connectivity index (χ3v) is 6.39. The van der Waals surface area contributed by atoms with Crippen LogP contribution in [0, 0.1) is 0 Å². The van der Waals surface area contributed by atoms with Crippen molar-refractivity contribution in [1.29, 1.82) is 0 Å². The lowest BCUT2D eigenvalue weighted by atomic mass is 10.1. The number of amides is 3. The average molecular weight is 533 g/mol. The van der Waals surface area contributed by atoms with Crippen LogP contribution in [0.4, 0.5) is 10.5 Å². The summed E-state index contributed by atoms with van der Waals surface area (Å²) in [5, 5.41) is 5.67. The van der Waals surface area contributed by atoms with Gasteiger partial charge in [-0.1, -0.05) is 65.7 Å². The maximum absolute atomic E-state index is 13.0. The van der Waals surface area contributed by atoms with E-state index in [1.165, 1.54) is 0 Å². The minimum Gasteiger partial charge on any atom is -0.490 e. The van der Waals surface area contributed by atoms with Crippen LogP contribution in [0.2, 0.25) is 10.0 Å². The van der Waals surface area contributed by atoms with Gasteiger partial charge in [-0.15, -0.1) is 0 Å². The quantitative estimate of drug-likeness (QED) is 0.201. The van der Waals surface area contributed by atoms with Crippen LogP contribution in [0.5, 0.6) is 11.5 Å². The van der Waals surface area contributed by atoms with Gasteiger partial charge in [-0.25, -0.2) is 9.69 Å². The van der Waals surface area contributed by atoms with Crippen molar-refractivity contribution < 1.29 is 19.1 Å². The number of halogens is 2. The van der Waals surface area contributed by atoms with E-state index in [4.69, 9.17) is 32.7 Å². The number of hydrogen-bond acceptors (Lipinski definition) is 4. The zero-order chi connectivity index (χ0) is 25.9. The summed E-state index contributed by atoms with van der Waals surface area (Å²) in [6, 6.07) is 23.4. The van der Waals surface area contributed by atoms with Crippen molar-refractivity contribution >= 4 is 57.7 Å². The number of carbonyl (C=O) groups is 2. The molecule has 0 atom stereocenters. The van der Waals surface area contributed by atoms with Gasteiger partial charge in [-0.05, 0) is 71.3 Å². The molecule has 0 aliphatic carbocycles. The first-order valence-electron chi connectivity index (χ1n) is 11.6. The number of urea groups is 1. The predicted molar refractivity (Wildman–Crippen MR) is 146 cm³/mol. The molecule has 186 valence electrons. The predicted octanol–water partition coefficient (Wildman–Crippen LogP) is 7.22. The van der Waals surface area contributed by atoms with Gasteiger partial charge in [0.2, 0.25) is 0 Å². The van der Waals surface area contributed by atoms with Gasteiger partial charge < -0.3 is 14.8 Å². The van der Waals surface area contributed by atoms with E-state index in [-0.39, 0.29) is 5.70 Å². The first-order chi connectivity index (χ1) is 17.9. The van der Waals surface area contributed by atoms with Gasteiger partial charge >= 0.3 is 6.03 Å². The lowest BCUT2D eigenvalue weighted by Crippen LogP contribution is -2.30. The number of carbonyl (C=O) groups excluding carboxylic acids is 2. The SMILES string of the molecule is CCOc1cc(/C=C2/NC(=O)N(c3ccc(Cl)cc3)C2=O)cc(Cl)c1OCc1cccc2ccccc12. The molecule has 1 fully saturated rings. The highest BCUT2D eigenvalue weighted by atomic mass is 35.5. The maximum atomic E-state index is 13.0. The fourth-order valence-electron chi connectivity index (χ4n) is 4.17. The van der Waals surface area contributed by atoms with E-state index in [1.807, 2.05) is 31.2 Å². The topological polar surface area (TPSA) is 67.9 Å². The second-order valence-electron chi connectivity index (χ2n) is 8.30. The molecule has 3 amide bonds. The molecule has 8 heteroatoms. The summed E-state index contributed by atoms with van der Waals surface area (Å²) in [6.45, 7) is 2.55. The van der Waals surface area contributed by atoms with E-state index < -0.39 is 11.9 Å². The molecule has 0 saturated carbocycles. The molecule has 37 heavy (non-hydrogen) atoms. The van der Waals surface area contributed by atoms with Crippen molar-refractivity contribution in [2.45, 2.75) is 13.5 Å². The second kappa shape index (κ2) is 10.5. The van der Waals surface area contributed by atoms with Crippen molar-refractivity contribution in [3.63, 3.8) is 0 Å². The third-order valence-electron chi connectivity index (χ3n) is 5.86. The lowest BCUT2D eigenvalue weighted by molar-refractivity contribution is -0.113. The number of ether oxygens (including phenoxy) is 2. The van der Waals surface area contributed by atoms with Crippen molar-refractivity contribution in [3.05, 3.63) is 106 Å². The van der Waals surface area contributed by atoms with Crippen molar-refractivity contribution in [2.75, 3.05) is 11.5 Å². The van der Waals surface area contributed by atoms with E-state index in [2.05, 4.69) is 23.5 Å². The second-order valence-corrected chi connectivity index (χ2v) is 9.14. The van der Waals surface area contributed by atoms with Gasteiger partial charge in [0.25, 0.3) is 5.91 Å². The van der Waals surface area contributed by atoms with E-state index in [0.717, 1.165) is 21.2 Å². The normalized spacial score (nSPS) is 14.4. The van der Waals surface area contributed by atoms with Crippen molar-refractivity contribution in [1.82, 2.24) is 5.32 Å². The van der Waals surface area contributed by atoms with Crippen LogP contribution in [0.25, 0.3) is 16.8 Å². The summed E-state index contributed by atoms with van der Waals surface area (Å²) in [5.74, 6) is 0.356. The first-order valence-corrected chi connectivity index (χ1v) is 12.4. The Bertz CT molecular complexity index is 1530. The van der Waals surface area contributed by atoms with Crippen molar-refractivity contribution in [3.8, 4) is 11.5 Å². The van der Waals surface area contributed by atoms with Crippen LogP contribution in [-0.2, 0) is 11.4 Å². The summed E-state index contributed by atoms with van der Waals surface area (Å²) in [7, 11) is 0. The molecule has 0 bridgehead atoms. The highest BCUT2D eigenvalue weighted by Gasteiger charge is 2.35. The molecule has 1 saturated heterocycles. The van der Waals surface area contributed by atoms with Gasteiger partial charge in [0, 0.05) is 5.02 Å². The Kier molecular flexibility index (Phi) is 7.04. The number of anilines is 1.